The molecule has 0 saturated heterocycles. The Labute approximate surface area is 413 Å². The van der Waals surface area contributed by atoms with Crippen molar-refractivity contribution in [1.82, 2.24) is 14.1 Å². The van der Waals surface area contributed by atoms with Gasteiger partial charge in [-0.1, -0.05) is 97.1 Å². The molecular weight excluding hydrogens is 881 g/mol. The Balaban J connectivity index is 1.22. The molecule has 0 aliphatic heterocycles. The van der Waals surface area contributed by atoms with E-state index in [-0.39, 0.29) is 0 Å². The van der Waals surface area contributed by atoms with Gasteiger partial charge in [-0.05, 0) is 147 Å². The summed E-state index contributed by atoms with van der Waals surface area (Å²) in [6.07, 6.45) is 3.45. The topological polar surface area (TPSA) is 142 Å². The summed E-state index contributed by atoms with van der Waals surface area (Å²) in [6, 6.07) is 75.3. The van der Waals surface area contributed by atoms with Crippen molar-refractivity contribution >= 4 is 43.6 Å². The van der Waals surface area contributed by atoms with Crippen molar-refractivity contribution < 1.29 is 0 Å². The number of aromatic nitrogens is 3. The van der Waals surface area contributed by atoms with Gasteiger partial charge in [-0.25, -0.2) is 0 Å². The third kappa shape index (κ3) is 6.84. The lowest BCUT2D eigenvalue weighted by Crippen LogP contribution is -2.05. The van der Waals surface area contributed by atoms with Crippen LogP contribution in [0.4, 0.5) is 0 Å². The minimum absolute atomic E-state index is 0.459. The summed E-state index contributed by atoms with van der Waals surface area (Å²) in [5, 5.41) is 55.6. The SMILES string of the molecule is N#Cc1ccccc1-c1ccc2c(c1)c1cc(-c3ccccc3C#N)ccc1n2-c1cc(C#N)c(-c2ccncc2)cc1-n1c2ccc(-c3ccccc3C#N)cc2c2cc(-c3ccccc3C#N)ccc21. The van der Waals surface area contributed by atoms with Crippen LogP contribution < -0.4 is 0 Å². The van der Waals surface area contributed by atoms with E-state index in [9.17, 15) is 26.3 Å². The summed E-state index contributed by atoms with van der Waals surface area (Å²) >= 11 is 0. The molecule has 8 nitrogen and oxygen atoms in total. The number of fused-ring (bicyclic) bond motifs is 6. The normalized spacial score (nSPS) is 11.0. The van der Waals surface area contributed by atoms with Crippen LogP contribution >= 0.6 is 0 Å². The maximum absolute atomic E-state index is 11.1. The lowest BCUT2D eigenvalue weighted by molar-refractivity contribution is 1.09. The largest absolute Gasteiger partial charge is 0.307 e. The van der Waals surface area contributed by atoms with Crippen LogP contribution in [0.3, 0.4) is 0 Å². The summed E-state index contributed by atoms with van der Waals surface area (Å²) in [4.78, 5) is 4.31. The second kappa shape index (κ2) is 17.4. The van der Waals surface area contributed by atoms with E-state index in [2.05, 4.69) is 111 Å². The molecule has 0 spiro atoms. The van der Waals surface area contributed by atoms with Crippen molar-refractivity contribution in [2.24, 2.45) is 0 Å². The van der Waals surface area contributed by atoms with Gasteiger partial charge in [-0.3, -0.25) is 4.98 Å². The molecule has 0 saturated carbocycles. The van der Waals surface area contributed by atoms with Gasteiger partial charge in [-0.2, -0.15) is 26.3 Å². The molecule has 0 N–H and O–H groups in total. The van der Waals surface area contributed by atoms with Crippen LogP contribution in [0, 0.1) is 56.7 Å². The van der Waals surface area contributed by atoms with Gasteiger partial charge in [0.1, 0.15) is 0 Å². The zero-order valence-corrected chi connectivity index (χ0v) is 38.2. The second-order valence-electron chi connectivity index (χ2n) is 17.5. The Morgan fingerprint density at radius 3 is 0.903 bits per heavy atom. The van der Waals surface area contributed by atoms with Gasteiger partial charge in [0.2, 0.25) is 0 Å². The number of pyridine rings is 1. The molecule has 9 aromatic carbocycles. The number of hydrogen-bond donors (Lipinski definition) is 0. The first kappa shape index (κ1) is 42.5. The fourth-order valence-corrected chi connectivity index (χ4v) is 10.4. The zero-order chi connectivity index (χ0) is 48.9. The van der Waals surface area contributed by atoms with Gasteiger partial charge in [0, 0.05) is 39.5 Å². The maximum Gasteiger partial charge on any atom is 0.0998 e. The first-order chi connectivity index (χ1) is 35.5. The van der Waals surface area contributed by atoms with E-state index in [4.69, 9.17) is 0 Å². The third-order valence-electron chi connectivity index (χ3n) is 13.7. The Kier molecular flexibility index (Phi) is 10.3. The highest BCUT2D eigenvalue weighted by Gasteiger charge is 2.24. The van der Waals surface area contributed by atoms with Crippen LogP contribution in [0.1, 0.15) is 27.8 Å². The summed E-state index contributed by atoms with van der Waals surface area (Å²) in [6.45, 7) is 0. The number of nitriles is 5. The first-order valence-corrected chi connectivity index (χ1v) is 23.1. The van der Waals surface area contributed by atoms with E-state index in [1.54, 1.807) is 12.4 Å². The average molecular weight is 915 g/mol. The van der Waals surface area contributed by atoms with Crippen molar-refractivity contribution in [3.8, 4) is 97.4 Å². The minimum Gasteiger partial charge on any atom is -0.307 e. The standard InChI is InChI=1S/C64H34N8/c65-35-45-9-1-5-13-50(45)41-17-21-59-55(29-41)56-30-42(51-14-6-2-10-46(51)36-66)18-22-60(56)71(59)63-33-49(39-69)54(40-25-27-70-28-26-40)34-64(63)72-61-23-19-43(52-15-7-3-11-47(52)37-67)31-57(61)58-32-44(20-24-62(58)72)53-16-8-4-12-48(53)38-68/h1-34H. The van der Waals surface area contributed by atoms with Crippen LogP contribution in [-0.2, 0) is 0 Å². The van der Waals surface area contributed by atoms with E-state index in [0.717, 1.165) is 111 Å². The van der Waals surface area contributed by atoms with Crippen LogP contribution in [0.25, 0.3) is 111 Å². The fourth-order valence-electron chi connectivity index (χ4n) is 10.4. The monoisotopic (exact) mass is 914 g/mol. The quantitative estimate of drug-likeness (QED) is 0.156. The van der Waals surface area contributed by atoms with Crippen LogP contribution in [0.2, 0.25) is 0 Å². The third-order valence-corrected chi connectivity index (χ3v) is 13.7. The van der Waals surface area contributed by atoms with E-state index in [1.165, 1.54) is 0 Å². The Bertz CT molecular complexity index is 4230. The van der Waals surface area contributed by atoms with Gasteiger partial charge in [0.25, 0.3) is 0 Å². The molecular formula is C64H34N8. The lowest BCUT2D eigenvalue weighted by atomic mass is 9.96. The van der Waals surface area contributed by atoms with Gasteiger partial charge in [-0.15, -0.1) is 0 Å². The molecule has 0 bridgehead atoms. The fraction of sp³-hybridized carbons (Fsp3) is 0. The molecule has 0 amide bonds. The zero-order valence-electron chi connectivity index (χ0n) is 38.2. The van der Waals surface area contributed by atoms with E-state index < -0.39 is 0 Å². The molecule has 12 aromatic rings. The number of nitrogens with zero attached hydrogens (tertiary/aromatic N) is 8. The molecule has 0 radical (unpaired) electrons. The Hall–Kier alpha value is -10.8. The maximum atomic E-state index is 11.1. The predicted molar refractivity (Wildman–Crippen MR) is 284 cm³/mol. The summed E-state index contributed by atoms with van der Waals surface area (Å²) in [5.41, 5.74) is 16.0. The molecule has 0 aliphatic rings. The molecule has 8 heteroatoms. The summed E-state index contributed by atoms with van der Waals surface area (Å²) < 4.78 is 4.46. The number of hydrogen-bond acceptors (Lipinski definition) is 6. The molecule has 12 rings (SSSR count). The van der Waals surface area contributed by atoms with Gasteiger partial charge >= 0.3 is 0 Å². The van der Waals surface area contributed by atoms with Crippen LogP contribution in [0.5, 0.6) is 0 Å². The smallest absolute Gasteiger partial charge is 0.0998 e. The van der Waals surface area contributed by atoms with Crippen molar-refractivity contribution in [1.29, 1.82) is 26.3 Å². The molecule has 0 aliphatic carbocycles. The lowest BCUT2D eigenvalue weighted by Gasteiger charge is -2.20. The molecule has 72 heavy (non-hydrogen) atoms. The van der Waals surface area contributed by atoms with E-state index in [0.29, 0.717) is 27.8 Å². The van der Waals surface area contributed by atoms with Crippen LogP contribution in [-0.4, -0.2) is 14.1 Å². The Morgan fingerprint density at radius 1 is 0.278 bits per heavy atom. The predicted octanol–water partition coefficient (Wildman–Crippen LogP) is 15.0. The van der Waals surface area contributed by atoms with E-state index in [1.807, 2.05) is 127 Å². The second-order valence-corrected chi connectivity index (χ2v) is 17.5. The van der Waals surface area contributed by atoms with Gasteiger partial charge in [0.15, 0.2) is 0 Å². The van der Waals surface area contributed by atoms with Crippen molar-refractivity contribution in [2.75, 3.05) is 0 Å². The molecule has 3 heterocycles. The molecule has 0 unspecified atom stereocenters. The average Bonchev–Trinajstić information content (AvgIpc) is 3.95. The van der Waals surface area contributed by atoms with Gasteiger partial charge in [0.05, 0.1) is 91.6 Å². The number of benzene rings is 9. The van der Waals surface area contributed by atoms with Crippen molar-refractivity contribution in [3.05, 3.63) is 234 Å². The van der Waals surface area contributed by atoms with Crippen molar-refractivity contribution in [3.63, 3.8) is 0 Å². The number of rotatable bonds is 7. The molecule has 0 fully saturated rings. The minimum atomic E-state index is 0.459. The summed E-state index contributed by atoms with van der Waals surface area (Å²) in [7, 11) is 0. The van der Waals surface area contributed by atoms with E-state index >= 15 is 0 Å². The van der Waals surface area contributed by atoms with Gasteiger partial charge < -0.3 is 9.13 Å². The highest BCUT2D eigenvalue weighted by Crippen LogP contribution is 2.44. The first-order valence-electron chi connectivity index (χ1n) is 23.1. The Morgan fingerprint density at radius 2 is 0.583 bits per heavy atom. The molecule has 330 valence electrons. The highest BCUT2D eigenvalue weighted by atomic mass is 15.1. The van der Waals surface area contributed by atoms with Crippen LogP contribution in [0.15, 0.2) is 207 Å². The molecule has 0 atom stereocenters. The summed E-state index contributed by atoms with van der Waals surface area (Å²) in [5.74, 6) is 0. The molecule has 3 aromatic heterocycles. The van der Waals surface area contributed by atoms with Crippen molar-refractivity contribution in [2.45, 2.75) is 0 Å². The highest BCUT2D eigenvalue weighted by molar-refractivity contribution is 6.14.